The molecule has 1 aromatic carbocycles. The molecule has 0 saturated heterocycles. The van der Waals surface area contributed by atoms with E-state index in [1.165, 1.54) is 0 Å². The number of para-hydroxylation sites is 1. The van der Waals surface area contributed by atoms with Gasteiger partial charge in [0, 0.05) is 22.9 Å². The first-order chi connectivity index (χ1) is 11.2. The van der Waals surface area contributed by atoms with Crippen LogP contribution in [0.5, 0.6) is 5.88 Å². The molecule has 0 amide bonds. The predicted octanol–water partition coefficient (Wildman–Crippen LogP) is 1.68. The zero-order chi connectivity index (χ0) is 15.8. The van der Waals surface area contributed by atoms with E-state index in [2.05, 4.69) is 16.0 Å². The number of aromatic amines is 1. The fraction of sp³-hybridized carbons (Fsp3) is 0.0526. The molecule has 0 bridgehead atoms. The van der Waals surface area contributed by atoms with E-state index in [0.29, 0.717) is 11.6 Å². The minimum atomic E-state index is -0.260. The van der Waals surface area contributed by atoms with Crippen LogP contribution < -0.4 is 16.0 Å². The lowest BCUT2D eigenvalue weighted by molar-refractivity contribution is 0.450. The summed E-state index contributed by atoms with van der Waals surface area (Å²) < 4.78 is 0. The second-order valence-electron chi connectivity index (χ2n) is 5.54. The second-order valence-corrected chi connectivity index (χ2v) is 5.54. The van der Waals surface area contributed by atoms with Crippen LogP contribution >= 0.6 is 0 Å². The first kappa shape index (κ1) is 13.5. The quantitative estimate of drug-likeness (QED) is 0.719. The highest BCUT2D eigenvalue weighted by atomic mass is 16.3. The number of H-pyrrole nitrogens is 1. The third-order valence-corrected chi connectivity index (χ3v) is 4.00. The SMILES string of the molecule is O=c1[nH]c(O)cc2c1=CCC(=Cc1ccnc3ccccc13)C=2. The Kier molecular flexibility index (Phi) is 3.08. The Morgan fingerprint density at radius 2 is 2.09 bits per heavy atom. The number of benzene rings is 1. The van der Waals surface area contributed by atoms with Crippen molar-refractivity contribution in [2.75, 3.05) is 0 Å². The van der Waals surface area contributed by atoms with Gasteiger partial charge in [-0.1, -0.05) is 36.4 Å². The van der Waals surface area contributed by atoms with Crippen LogP contribution in [0.15, 0.2) is 53.0 Å². The van der Waals surface area contributed by atoms with Crippen molar-refractivity contribution in [1.29, 1.82) is 0 Å². The lowest BCUT2D eigenvalue weighted by Crippen LogP contribution is -2.41. The van der Waals surface area contributed by atoms with Crippen molar-refractivity contribution in [3.8, 4) is 5.88 Å². The van der Waals surface area contributed by atoms with Gasteiger partial charge in [0.05, 0.1) is 5.52 Å². The molecule has 2 heterocycles. The molecule has 0 unspecified atom stereocenters. The van der Waals surface area contributed by atoms with Gasteiger partial charge in [-0.3, -0.25) is 14.8 Å². The van der Waals surface area contributed by atoms with Crippen molar-refractivity contribution in [3.05, 3.63) is 74.5 Å². The molecular weight excluding hydrogens is 288 g/mol. The van der Waals surface area contributed by atoms with Crippen LogP contribution in [0.25, 0.3) is 29.1 Å². The van der Waals surface area contributed by atoms with E-state index in [1.807, 2.05) is 42.5 Å². The molecule has 0 fully saturated rings. The highest BCUT2D eigenvalue weighted by molar-refractivity contribution is 5.89. The Bertz CT molecular complexity index is 1120. The van der Waals surface area contributed by atoms with Crippen LogP contribution in [-0.4, -0.2) is 15.1 Å². The Balaban J connectivity index is 1.89. The summed E-state index contributed by atoms with van der Waals surface area (Å²) in [4.78, 5) is 18.6. The Morgan fingerprint density at radius 3 is 3.00 bits per heavy atom. The van der Waals surface area contributed by atoms with Crippen LogP contribution in [0.4, 0.5) is 0 Å². The minimum Gasteiger partial charge on any atom is -0.494 e. The van der Waals surface area contributed by atoms with Crippen LogP contribution in [0.2, 0.25) is 0 Å². The third-order valence-electron chi connectivity index (χ3n) is 4.00. The monoisotopic (exact) mass is 302 g/mol. The first-order valence-corrected chi connectivity index (χ1v) is 7.39. The summed E-state index contributed by atoms with van der Waals surface area (Å²) in [5, 5.41) is 12.0. The van der Waals surface area contributed by atoms with Crippen LogP contribution in [0.1, 0.15) is 12.0 Å². The number of hydrogen-bond acceptors (Lipinski definition) is 3. The van der Waals surface area contributed by atoms with Gasteiger partial charge in [-0.15, -0.1) is 0 Å². The summed E-state index contributed by atoms with van der Waals surface area (Å²) in [6.07, 6.45) is 8.41. The molecule has 4 heteroatoms. The number of pyridine rings is 2. The lowest BCUT2D eigenvalue weighted by Gasteiger charge is -2.07. The zero-order valence-corrected chi connectivity index (χ0v) is 12.3. The zero-order valence-electron chi connectivity index (χ0n) is 12.3. The van der Waals surface area contributed by atoms with Crippen molar-refractivity contribution in [2.45, 2.75) is 6.42 Å². The minimum absolute atomic E-state index is 0.117. The van der Waals surface area contributed by atoms with Gasteiger partial charge >= 0.3 is 0 Å². The average molecular weight is 302 g/mol. The number of nitrogens with zero attached hydrogens (tertiary/aromatic N) is 1. The van der Waals surface area contributed by atoms with E-state index < -0.39 is 0 Å². The molecule has 2 aromatic heterocycles. The second kappa shape index (κ2) is 5.25. The number of allylic oxidation sites excluding steroid dienone is 1. The number of rotatable bonds is 1. The topological polar surface area (TPSA) is 66.0 Å². The van der Waals surface area contributed by atoms with Crippen molar-refractivity contribution < 1.29 is 5.11 Å². The summed E-state index contributed by atoms with van der Waals surface area (Å²) in [5.74, 6) is -0.117. The number of aromatic nitrogens is 2. The molecule has 1 aliphatic carbocycles. The summed E-state index contributed by atoms with van der Waals surface area (Å²) in [7, 11) is 0. The van der Waals surface area contributed by atoms with E-state index >= 15 is 0 Å². The van der Waals surface area contributed by atoms with E-state index in [1.54, 1.807) is 12.3 Å². The Labute approximate surface area is 131 Å². The molecule has 0 atom stereocenters. The van der Waals surface area contributed by atoms with Crippen molar-refractivity contribution in [2.24, 2.45) is 0 Å². The summed E-state index contributed by atoms with van der Waals surface area (Å²) in [6, 6.07) is 11.6. The highest BCUT2D eigenvalue weighted by Gasteiger charge is 2.05. The maximum Gasteiger partial charge on any atom is 0.258 e. The van der Waals surface area contributed by atoms with Gasteiger partial charge in [-0.05, 0) is 34.9 Å². The van der Waals surface area contributed by atoms with E-state index in [4.69, 9.17) is 0 Å². The molecule has 0 aliphatic heterocycles. The molecule has 2 N–H and O–H groups in total. The Hall–Kier alpha value is -3.14. The summed E-state index contributed by atoms with van der Waals surface area (Å²) >= 11 is 0. The molecule has 1 aliphatic rings. The van der Waals surface area contributed by atoms with Gasteiger partial charge in [0.15, 0.2) is 5.88 Å². The van der Waals surface area contributed by atoms with E-state index in [0.717, 1.165) is 27.3 Å². The fourth-order valence-corrected chi connectivity index (χ4v) is 2.93. The first-order valence-electron chi connectivity index (χ1n) is 7.39. The third kappa shape index (κ3) is 2.44. The summed E-state index contributed by atoms with van der Waals surface area (Å²) in [6.45, 7) is 0. The average Bonchev–Trinajstić information content (AvgIpc) is 2.55. The largest absolute Gasteiger partial charge is 0.494 e. The van der Waals surface area contributed by atoms with Crippen molar-refractivity contribution in [1.82, 2.24) is 9.97 Å². The normalized spacial score (nSPS) is 15.0. The summed E-state index contributed by atoms with van der Waals surface area (Å²) in [5.41, 5.74) is 2.87. The van der Waals surface area contributed by atoms with E-state index in [-0.39, 0.29) is 11.4 Å². The smallest absolute Gasteiger partial charge is 0.258 e. The number of hydrogen-bond donors (Lipinski definition) is 2. The van der Waals surface area contributed by atoms with Gasteiger partial charge in [0.2, 0.25) is 0 Å². The van der Waals surface area contributed by atoms with E-state index in [9.17, 15) is 9.90 Å². The molecular formula is C19H14N2O2. The molecule has 3 aromatic rings. The number of nitrogens with one attached hydrogen (secondary N) is 1. The number of fused-ring (bicyclic) bond motifs is 2. The Morgan fingerprint density at radius 1 is 1.22 bits per heavy atom. The standard InChI is InChI=1S/C19H14N2O2/c22-18-11-14-10-12(5-6-16(14)19(23)21-18)9-13-7-8-20-17-4-2-1-3-15(13)17/h1-4,6-11,22H,5H2,(H,21,23). The van der Waals surface area contributed by atoms with Crippen LogP contribution in [-0.2, 0) is 0 Å². The maximum atomic E-state index is 11.8. The van der Waals surface area contributed by atoms with Crippen molar-refractivity contribution in [3.63, 3.8) is 0 Å². The lowest BCUT2D eigenvalue weighted by atomic mass is 10.00. The molecule has 4 nitrogen and oxygen atoms in total. The van der Waals surface area contributed by atoms with Gasteiger partial charge in [-0.2, -0.15) is 0 Å². The molecule has 4 rings (SSSR count). The molecule has 0 spiro atoms. The molecule has 23 heavy (non-hydrogen) atoms. The van der Waals surface area contributed by atoms with Crippen LogP contribution in [0, 0.1) is 0 Å². The molecule has 112 valence electrons. The van der Waals surface area contributed by atoms with Gasteiger partial charge in [-0.25, -0.2) is 0 Å². The highest BCUT2D eigenvalue weighted by Crippen LogP contribution is 2.21. The predicted molar refractivity (Wildman–Crippen MR) is 91.2 cm³/mol. The van der Waals surface area contributed by atoms with Gasteiger partial charge in [0.25, 0.3) is 5.56 Å². The molecule has 0 saturated carbocycles. The van der Waals surface area contributed by atoms with Gasteiger partial charge in [0.1, 0.15) is 0 Å². The van der Waals surface area contributed by atoms with Crippen molar-refractivity contribution >= 4 is 29.1 Å². The van der Waals surface area contributed by atoms with Gasteiger partial charge < -0.3 is 5.11 Å². The molecule has 0 radical (unpaired) electrons. The number of aromatic hydroxyl groups is 1. The fourth-order valence-electron chi connectivity index (χ4n) is 2.93. The van der Waals surface area contributed by atoms with Crippen LogP contribution in [0.3, 0.4) is 0 Å². The maximum absolute atomic E-state index is 11.8.